The Kier molecular flexibility index (Phi) is 5.41. The number of nitrogens with zero attached hydrogens (tertiary/aromatic N) is 2. The van der Waals surface area contributed by atoms with E-state index in [2.05, 4.69) is 25.1 Å². The minimum Gasteiger partial charge on any atom is -0.497 e. The SMILES string of the molecule is COc1cccc(C(=O)N2CCS[C@]23C(=O)N(Cc2cccc(C)c2)c2ccc(C)cc23)c1. The van der Waals surface area contributed by atoms with E-state index < -0.39 is 4.87 Å². The first-order valence-electron chi connectivity index (χ1n) is 11.0. The normalized spacial score (nSPS) is 19.3. The Hall–Kier alpha value is -3.25. The quantitative estimate of drug-likeness (QED) is 0.558. The van der Waals surface area contributed by atoms with E-state index in [-0.39, 0.29) is 11.8 Å². The fourth-order valence-electron chi connectivity index (χ4n) is 4.79. The van der Waals surface area contributed by atoms with Crippen molar-refractivity contribution in [2.75, 3.05) is 24.3 Å². The third kappa shape index (κ3) is 3.49. The lowest BCUT2D eigenvalue weighted by molar-refractivity contribution is -0.123. The largest absolute Gasteiger partial charge is 0.497 e. The van der Waals surface area contributed by atoms with Gasteiger partial charge in [0.2, 0.25) is 0 Å². The number of rotatable bonds is 4. The number of hydrogen-bond donors (Lipinski definition) is 0. The molecule has 3 aromatic rings. The molecule has 168 valence electrons. The van der Waals surface area contributed by atoms with E-state index in [9.17, 15) is 9.59 Å². The minimum atomic E-state index is -1.05. The highest BCUT2D eigenvalue weighted by Gasteiger charge is 2.59. The van der Waals surface area contributed by atoms with Crippen LogP contribution < -0.4 is 9.64 Å². The molecule has 5 rings (SSSR count). The Balaban J connectivity index is 1.59. The Bertz CT molecular complexity index is 1260. The number of benzene rings is 3. The molecule has 0 aromatic heterocycles. The standard InChI is InChI=1S/C27H26N2O3S/c1-18-6-4-7-20(14-18)17-28-24-11-10-19(2)15-23(24)27(26(28)31)29(12-13-33-27)25(30)21-8-5-9-22(16-21)32-3/h4-11,14-16H,12-13,17H2,1-3H3/t27-/m1/s1. The van der Waals surface area contributed by atoms with Crippen molar-refractivity contribution in [2.24, 2.45) is 0 Å². The summed E-state index contributed by atoms with van der Waals surface area (Å²) < 4.78 is 5.32. The van der Waals surface area contributed by atoms with Crippen molar-refractivity contribution in [1.29, 1.82) is 0 Å². The average Bonchev–Trinajstić information content (AvgIpc) is 3.36. The van der Waals surface area contributed by atoms with Crippen LogP contribution in [0.4, 0.5) is 5.69 Å². The van der Waals surface area contributed by atoms with Gasteiger partial charge in [-0.15, -0.1) is 11.8 Å². The van der Waals surface area contributed by atoms with Gasteiger partial charge in [-0.2, -0.15) is 0 Å². The molecule has 2 heterocycles. The second-order valence-electron chi connectivity index (χ2n) is 8.58. The monoisotopic (exact) mass is 458 g/mol. The molecule has 0 unspecified atom stereocenters. The first kappa shape index (κ1) is 21.6. The molecule has 2 amide bonds. The first-order valence-corrected chi connectivity index (χ1v) is 12.0. The molecule has 1 atom stereocenters. The number of anilines is 1. The highest BCUT2D eigenvalue weighted by atomic mass is 32.2. The lowest BCUT2D eigenvalue weighted by Gasteiger charge is -2.33. The number of carbonyl (C=O) groups excluding carboxylic acids is 2. The van der Waals surface area contributed by atoms with Gasteiger partial charge >= 0.3 is 0 Å². The number of carbonyl (C=O) groups is 2. The summed E-state index contributed by atoms with van der Waals surface area (Å²) in [6, 6.07) is 21.5. The van der Waals surface area contributed by atoms with Crippen LogP contribution in [-0.4, -0.2) is 36.1 Å². The molecule has 0 radical (unpaired) electrons. The van der Waals surface area contributed by atoms with Crippen LogP contribution >= 0.6 is 11.8 Å². The number of amides is 2. The molecule has 3 aromatic carbocycles. The lowest BCUT2D eigenvalue weighted by atomic mass is 10.0. The summed E-state index contributed by atoms with van der Waals surface area (Å²) in [5.74, 6) is 1.12. The van der Waals surface area contributed by atoms with Crippen molar-refractivity contribution < 1.29 is 14.3 Å². The molecule has 0 aliphatic carbocycles. The molecule has 1 fully saturated rings. The van der Waals surface area contributed by atoms with E-state index in [1.54, 1.807) is 42.0 Å². The lowest BCUT2D eigenvalue weighted by Crippen LogP contribution is -2.50. The van der Waals surface area contributed by atoms with Crippen LogP contribution in [0.25, 0.3) is 0 Å². The van der Waals surface area contributed by atoms with Crippen LogP contribution in [-0.2, 0) is 16.2 Å². The van der Waals surface area contributed by atoms with Gasteiger partial charge in [-0.25, -0.2) is 0 Å². The molecule has 0 saturated carbocycles. The van der Waals surface area contributed by atoms with Gasteiger partial charge in [0.25, 0.3) is 11.8 Å². The molecule has 0 N–H and O–H groups in total. The van der Waals surface area contributed by atoms with Crippen LogP contribution in [0.2, 0.25) is 0 Å². The Labute approximate surface area is 198 Å². The second-order valence-corrected chi connectivity index (χ2v) is 9.87. The van der Waals surface area contributed by atoms with Gasteiger partial charge in [-0.05, 0) is 43.7 Å². The zero-order valence-electron chi connectivity index (χ0n) is 19.0. The summed E-state index contributed by atoms with van der Waals surface area (Å²) in [6.45, 7) is 5.06. The van der Waals surface area contributed by atoms with Crippen LogP contribution in [0.3, 0.4) is 0 Å². The molecule has 6 heteroatoms. The van der Waals surface area contributed by atoms with Crippen molar-refractivity contribution in [2.45, 2.75) is 25.3 Å². The summed E-state index contributed by atoms with van der Waals surface area (Å²) in [5.41, 5.74) is 5.60. The third-order valence-electron chi connectivity index (χ3n) is 6.33. The summed E-state index contributed by atoms with van der Waals surface area (Å²) in [7, 11) is 1.58. The molecule has 33 heavy (non-hydrogen) atoms. The minimum absolute atomic E-state index is 0.0525. The summed E-state index contributed by atoms with van der Waals surface area (Å²) in [5, 5.41) is 0. The number of aryl methyl sites for hydroxylation is 2. The van der Waals surface area contributed by atoms with Crippen molar-refractivity contribution in [3.63, 3.8) is 0 Å². The van der Waals surface area contributed by atoms with E-state index in [1.807, 2.05) is 42.2 Å². The number of fused-ring (bicyclic) bond motifs is 2. The van der Waals surface area contributed by atoms with Gasteiger partial charge in [-0.3, -0.25) is 9.59 Å². The number of hydrogen-bond acceptors (Lipinski definition) is 4. The summed E-state index contributed by atoms with van der Waals surface area (Å²) >= 11 is 1.55. The zero-order chi connectivity index (χ0) is 23.2. The Morgan fingerprint density at radius 3 is 2.61 bits per heavy atom. The Morgan fingerprint density at radius 1 is 1.03 bits per heavy atom. The van der Waals surface area contributed by atoms with E-state index in [4.69, 9.17) is 4.74 Å². The number of ether oxygens (including phenoxy) is 1. The molecular weight excluding hydrogens is 432 g/mol. The molecule has 5 nitrogen and oxygen atoms in total. The topological polar surface area (TPSA) is 49.9 Å². The smallest absolute Gasteiger partial charge is 0.268 e. The molecule has 0 bridgehead atoms. The highest BCUT2D eigenvalue weighted by Crippen LogP contribution is 2.55. The molecule has 1 spiro atoms. The maximum atomic E-state index is 14.1. The predicted molar refractivity (Wildman–Crippen MR) is 132 cm³/mol. The fraction of sp³-hybridized carbons (Fsp3) is 0.259. The third-order valence-corrected chi connectivity index (χ3v) is 7.75. The van der Waals surface area contributed by atoms with Gasteiger partial charge < -0.3 is 14.5 Å². The van der Waals surface area contributed by atoms with Crippen LogP contribution in [0, 0.1) is 13.8 Å². The van der Waals surface area contributed by atoms with Crippen LogP contribution in [0.1, 0.15) is 32.6 Å². The van der Waals surface area contributed by atoms with Gasteiger partial charge in [0, 0.05) is 23.4 Å². The fourth-order valence-corrected chi connectivity index (χ4v) is 6.24. The average molecular weight is 459 g/mol. The van der Waals surface area contributed by atoms with Crippen molar-refractivity contribution in [3.05, 3.63) is 94.5 Å². The van der Waals surface area contributed by atoms with E-state index >= 15 is 0 Å². The Morgan fingerprint density at radius 2 is 1.82 bits per heavy atom. The van der Waals surface area contributed by atoms with Gasteiger partial charge in [-0.1, -0.05) is 53.6 Å². The molecule has 1 saturated heterocycles. The van der Waals surface area contributed by atoms with Crippen molar-refractivity contribution >= 4 is 29.3 Å². The predicted octanol–water partition coefficient (Wildman–Crippen LogP) is 4.90. The molecular formula is C27H26N2O3S. The zero-order valence-corrected chi connectivity index (χ0v) is 19.8. The molecule has 2 aliphatic heterocycles. The van der Waals surface area contributed by atoms with Gasteiger partial charge in [0.1, 0.15) is 5.75 Å². The van der Waals surface area contributed by atoms with Crippen molar-refractivity contribution in [3.8, 4) is 5.75 Å². The van der Waals surface area contributed by atoms with Gasteiger partial charge in [0.15, 0.2) is 4.87 Å². The van der Waals surface area contributed by atoms with E-state index in [1.165, 1.54) is 0 Å². The van der Waals surface area contributed by atoms with Crippen LogP contribution in [0.5, 0.6) is 5.75 Å². The van der Waals surface area contributed by atoms with E-state index in [0.29, 0.717) is 30.2 Å². The number of thioether (sulfide) groups is 1. The maximum Gasteiger partial charge on any atom is 0.268 e. The summed E-state index contributed by atoms with van der Waals surface area (Å²) in [4.78, 5) is 30.4. The maximum absolute atomic E-state index is 14.1. The van der Waals surface area contributed by atoms with E-state index in [0.717, 1.165) is 27.9 Å². The first-order chi connectivity index (χ1) is 15.9. The summed E-state index contributed by atoms with van der Waals surface area (Å²) in [6.07, 6.45) is 0. The highest BCUT2D eigenvalue weighted by molar-refractivity contribution is 8.01. The van der Waals surface area contributed by atoms with Crippen molar-refractivity contribution in [1.82, 2.24) is 4.90 Å². The second kappa shape index (κ2) is 8.27. The van der Waals surface area contributed by atoms with Gasteiger partial charge in [0.05, 0.1) is 19.3 Å². The molecule has 2 aliphatic rings. The number of methoxy groups -OCH3 is 1. The van der Waals surface area contributed by atoms with Crippen LogP contribution in [0.15, 0.2) is 66.7 Å².